The number of aryl methyl sites for hydroxylation is 1. The highest BCUT2D eigenvalue weighted by atomic mass is 79.9. The molecule has 1 N–H and O–H groups in total. The molecule has 0 saturated heterocycles. The highest BCUT2D eigenvalue weighted by molar-refractivity contribution is 9.10. The number of pyridine rings is 1. The lowest BCUT2D eigenvalue weighted by atomic mass is 10.2. The quantitative estimate of drug-likeness (QED) is 0.768. The summed E-state index contributed by atoms with van der Waals surface area (Å²) in [6.45, 7) is 2.03. The van der Waals surface area contributed by atoms with Gasteiger partial charge < -0.3 is 5.32 Å². The summed E-state index contributed by atoms with van der Waals surface area (Å²) in [7, 11) is 0. The summed E-state index contributed by atoms with van der Waals surface area (Å²) in [5, 5.41) is 3.77. The van der Waals surface area contributed by atoms with Crippen LogP contribution in [0.3, 0.4) is 0 Å². The minimum absolute atomic E-state index is 0.583. The van der Waals surface area contributed by atoms with Gasteiger partial charge in [-0.1, -0.05) is 27.5 Å². The Morgan fingerprint density at radius 3 is 2.65 bits per heavy atom. The zero-order chi connectivity index (χ0) is 12.4. The number of benzene rings is 1. The second-order valence-corrected chi connectivity index (χ2v) is 5.75. The van der Waals surface area contributed by atoms with Gasteiger partial charge in [-0.15, -0.1) is 0 Å². The van der Waals surface area contributed by atoms with E-state index in [0.29, 0.717) is 10.8 Å². The van der Waals surface area contributed by atoms with Gasteiger partial charge in [-0.2, -0.15) is 0 Å². The van der Waals surface area contributed by atoms with Gasteiger partial charge >= 0.3 is 0 Å². The maximum Gasteiger partial charge on any atom is 0.149 e. The Kier molecular flexibility index (Phi) is 4.07. The number of nitrogens with zero attached hydrogens (tertiary/aromatic N) is 1. The molecule has 0 aliphatic carbocycles. The third-order valence-corrected chi connectivity index (χ3v) is 3.84. The topological polar surface area (TPSA) is 24.9 Å². The van der Waals surface area contributed by atoms with Gasteiger partial charge in [-0.05, 0) is 52.7 Å². The van der Waals surface area contributed by atoms with Gasteiger partial charge in [0.1, 0.15) is 5.82 Å². The lowest BCUT2D eigenvalue weighted by molar-refractivity contribution is 1.29. The Balaban J connectivity index is 2.28. The van der Waals surface area contributed by atoms with Crippen LogP contribution in [0.5, 0.6) is 0 Å². The molecule has 0 aliphatic rings. The van der Waals surface area contributed by atoms with Gasteiger partial charge in [0.05, 0.1) is 5.02 Å². The zero-order valence-electron chi connectivity index (χ0n) is 8.97. The second-order valence-electron chi connectivity index (χ2n) is 3.57. The van der Waals surface area contributed by atoms with Crippen molar-refractivity contribution in [2.24, 2.45) is 0 Å². The van der Waals surface area contributed by atoms with E-state index in [1.54, 1.807) is 6.20 Å². The molecule has 88 valence electrons. The van der Waals surface area contributed by atoms with Gasteiger partial charge in [0.2, 0.25) is 0 Å². The molecule has 0 atom stereocenters. The van der Waals surface area contributed by atoms with E-state index in [1.807, 2.05) is 31.2 Å². The van der Waals surface area contributed by atoms with Crippen molar-refractivity contribution in [2.45, 2.75) is 6.92 Å². The lowest BCUT2D eigenvalue weighted by Crippen LogP contribution is -1.94. The molecule has 0 amide bonds. The second kappa shape index (κ2) is 5.38. The molecule has 0 saturated carbocycles. The van der Waals surface area contributed by atoms with Crippen LogP contribution in [-0.2, 0) is 0 Å². The minimum Gasteiger partial charge on any atom is -0.339 e. The van der Waals surface area contributed by atoms with Gasteiger partial charge in [-0.3, -0.25) is 0 Å². The van der Waals surface area contributed by atoms with Crippen molar-refractivity contribution >= 4 is 55.0 Å². The maximum absolute atomic E-state index is 6.09. The summed E-state index contributed by atoms with van der Waals surface area (Å²) in [6, 6.07) is 7.80. The standard InChI is InChI=1S/C12H9Br2ClN2/c1-7-4-9(2-3-10(7)14)17-12-11(15)5-8(13)6-16-12/h2-6H,1H3,(H,16,17). The third-order valence-electron chi connectivity index (χ3n) is 2.23. The Morgan fingerprint density at radius 2 is 2.00 bits per heavy atom. The van der Waals surface area contributed by atoms with Crippen LogP contribution < -0.4 is 5.32 Å². The smallest absolute Gasteiger partial charge is 0.149 e. The molecule has 0 aliphatic heterocycles. The van der Waals surface area contributed by atoms with E-state index in [-0.39, 0.29) is 0 Å². The van der Waals surface area contributed by atoms with Crippen molar-refractivity contribution in [2.75, 3.05) is 5.32 Å². The highest BCUT2D eigenvalue weighted by Gasteiger charge is 2.04. The first kappa shape index (κ1) is 12.9. The molecule has 0 bridgehead atoms. The number of aromatic nitrogens is 1. The predicted octanol–water partition coefficient (Wildman–Crippen LogP) is 5.31. The summed E-state index contributed by atoms with van der Waals surface area (Å²) < 4.78 is 1.94. The molecule has 2 rings (SSSR count). The molecule has 0 spiro atoms. The molecular formula is C12H9Br2ClN2. The number of nitrogens with one attached hydrogen (secondary N) is 1. The summed E-state index contributed by atoms with van der Waals surface area (Å²) in [5.41, 5.74) is 2.12. The van der Waals surface area contributed by atoms with Gasteiger partial charge in [0.15, 0.2) is 0 Å². The highest BCUT2D eigenvalue weighted by Crippen LogP contribution is 2.27. The Hall–Kier alpha value is -0.580. The molecule has 1 aromatic heterocycles. The summed E-state index contributed by atoms with van der Waals surface area (Å²) in [4.78, 5) is 4.22. The largest absolute Gasteiger partial charge is 0.339 e. The Labute approximate surface area is 122 Å². The number of halogens is 3. The molecule has 0 radical (unpaired) electrons. The molecule has 17 heavy (non-hydrogen) atoms. The van der Waals surface area contributed by atoms with Crippen molar-refractivity contribution in [3.05, 3.63) is 50.0 Å². The van der Waals surface area contributed by atoms with E-state index >= 15 is 0 Å². The number of anilines is 2. The fraction of sp³-hybridized carbons (Fsp3) is 0.0833. The molecule has 0 fully saturated rings. The minimum atomic E-state index is 0.583. The van der Waals surface area contributed by atoms with E-state index in [0.717, 1.165) is 20.2 Å². The van der Waals surface area contributed by atoms with Crippen LogP contribution in [0.1, 0.15) is 5.56 Å². The monoisotopic (exact) mass is 374 g/mol. The van der Waals surface area contributed by atoms with Crippen molar-refractivity contribution in [1.82, 2.24) is 4.98 Å². The number of hydrogen-bond acceptors (Lipinski definition) is 2. The van der Waals surface area contributed by atoms with Crippen molar-refractivity contribution < 1.29 is 0 Å². The molecule has 2 aromatic rings. The third kappa shape index (κ3) is 3.21. The van der Waals surface area contributed by atoms with Gasteiger partial charge in [0, 0.05) is 20.8 Å². The average Bonchev–Trinajstić information content (AvgIpc) is 2.27. The molecule has 1 heterocycles. The van der Waals surface area contributed by atoms with Crippen LogP contribution in [0.15, 0.2) is 39.4 Å². The van der Waals surface area contributed by atoms with Crippen LogP contribution in [0.25, 0.3) is 0 Å². The Morgan fingerprint density at radius 1 is 1.24 bits per heavy atom. The van der Waals surface area contributed by atoms with Gasteiger partial charge in [0.25, 0.3) is 0 Å². The summed E-state index contributed by atoms with van der Waals surface area (Å²) in [5.74, 6) is 0.650. The molecule has 1 aromatic carbocycles. The lowest BCUT2D eigenvalue weighted by Gasteiger charge is -2.09. The summed E-state index contributed by atoms with van der Waals surface area (Å²) in [6.07, 6.45) is 1.71. The average molecular weight is 376 g/mol. The zero-order valence-corrected chi connectivity index (χ0v) is 12.9. The number of rotatable bonds is 2. The van der Waals surface area contributed by atoms with Crippen LogP contribution in [-0.4, -0.2) is 4.98 Å². The van der Waals surface area contributed by atoms with E-state index in [9.17, 15) is 0 Å². The fourth-order valence-corrected chi connectivity index (χ4v) is 2.29. The molecular weight excluding hydrogens is 367 g/mol. The van der Waals surface area contributed by atoms with Crippen molar-refractivity contribution in [1.29, 1.82) is 0 Å². The normalized spacial score (nSPS) is 10.4. The van der Waals surface area contributed by atoms with E-state index in [1.165, 1.54) is 0 Å². The maximum atomic E-state index is 6.09. The molecule has 2 nitrogen and oxygen atoms in total. The van der Waals surface area contributed by atoms with Crippen LogP contribution in [0, 0.1) is 6.92 Å². The van der Waals surface area contributed by atoms with Crippen LogP contribution in [0.2, 0.25) is 5.02 Å². The first-order chi connectivity index (χ1) is 8.06. The Bertz CT molecular complexity index is 558. The van der Waals surface area contributed by atoms with Crippen LogP contribution in [0.4, 0.5) is 11.5 Å². The van der Waals surface area contributed by atoms with Crippen LogP contribution >= 0.6 is 43.5 Å². The molecule has 5 heteroatoms. The van der Waals surface area contributed by atoms with E-state index < -0.39 is 0 Å². The first-order valence-electron chi connectivity index (χ1n) is 4.90. The van der Waals surface area contributed by atoms with Crippen molar-refractivity contribution in [3.63, 3.8) is 0 Å². The first-order valence-corrected chi connectivity index (χ1v) is 6.87. The fourth-order valence-electron chi connectivity index (χ4n) is 1.37. The SMILES string of the molecule is Cc1cc(Nc2ncc(Br)cc2Cl)ccc1Br. The van der Waals surface area contributed by atoms with Crippen molar-refractivity contribution in [3.8, 4) is 0 Å². The van der Waals surface area contributed by atoms with E-state index in [2.05, 4.69) is 42.2 Å². The summed E-state index contributed by atoms with van der Waals surface area (Å²) >= 11 is 12.9. The predicted molar refractivity (Wildman–Crippen MR) is 79.1 cm³/mol. The van der Waals surface area contributed by atoms with Gasteiger partial charge in [-0.25, -0.2) is 4.98 Å². The molecule has 0 unspecified atom stereocenters. The number of hydrogen-bond donors (Lipinski definition) is 1. The van der Waals surface area contributed by atoms with E-state index in [4.69, 9.17) is 11.6 Å².